The Hall–Kier alpha value is -0.570. The van der Waals surface area contributed by atoms with Gasteiger partial charge in [0, 0.05) is 12.1 Å². The zero-order valence-corrected chi connectivity index (χ0v) is 11.2. The molecule has 2 atom stereocenters. The van der Waals surface area contributed by atoms with Gasteiger partial charge in [0.05, 0.1) is 5.92 Å². The Morgan fingerprint density at radius 2 is 1.94 bits per heavy atom. The van der Waals surface area contributed by atoms with E-state index in [1.165, 1.54) is 19.3 Å². The fourth-order valence-electron chi connectivity index (χ4n) is 3.17. The number of amides is 1. The van der Waals surface area contributed by atoms with Crippen LogP contribution in [-0.2, 0) is 4.79 Å². The predicted molar refractivity (Wildman–Crippen MR) is 69.5 cm³/mol. The maximum Gasteiger partial charge on any atom is 0.224 e. The molecule has 2 aliphatic carbocycles. The Balaban J connectivity index is 1.86. The molecule has 2 unspecified atom stereocenters. The van der Waals surface area contributed by atoms with Crippen LogP contribution < -0.4 is 11.1 Å². The first-order valence-corrected chi connectivity index (χ1v) is 7.00. The first-order valence-electron chi connectivity index (χ1n) is 7.00. The molecule has 0 spiro atoms. The minimum atomic E-state index is -0.303. The minimum absolute atomic E-state index is 0.0138. The van der Waals surface area contributed by atoms with Crippen LogP contribution in [0.3, 0.4) is 0 Å². The van der Waals surface area contributed by atoms with E-state index in [4.69, 9.17) is 5.73 Å². The molecule has 2 saturated carbocycles. The molecule has 0 radical (unpaired) electrons. The number of rotatable bonds is 3. The van der Waals surface area contributed by atoms with Crippen molar-refractivity contribution in [3.05, 3.63) is 0 Å². The van der Waals surface area contributed by atoms with E-state index >= 15 is 0 Å². The second-order valence-electron chi connectivity index (χ2n) is 6.69. The van der Waals surface area contributed by atoms with Crippen LogP contribution in [0.1, 0.15) is 58.8 Å². The van der Waals surface area contributed by atoms with Crippen LogP contribution in [-0.4, -0.2) is 18.0 Å². The molecule has 2 rings (SSSR count). The van der Waals surface area contributed by atoms with Gasteiger partial charge in [0.25, 0.3) is 0 Å². The lowest BCUT2D eigenvalue weighted by atomic mass is 9.70. The summed E-state index contributed by atoms with van der Waals surface area (Å²) < 4.78 is 0. The topological polar surface area (TPSA) is 55.1 Å². The highest BCUT2D eigenvalue weighted by Gasteiger charge is 2.39. The van der Waals surface area contributed by atoms with E-state index in [0.717, 1.165) is 32.2 Å². The quantitative estimate of drug-likeness (QED) is 0.792. The summed E-state index contributed by atoms with van der Waals surface area (Å²) >= 11 is 0. The van der Waals surface area contributed by atoms with Crippen LogP contribution in [0.25, 0.3) is 0 Å². The van der Waals surface area contributed by atoms with E-state index in [0.29, 0.717) is 5.41 Å². The third-order valence-corrected chi connectivity index (χ3v) is 4.82. The maximum atomic E-state index is 12.2. The molecule has 1 amide bonds. The second kappa shape index (κ2) is 4.60. The second-order valence-corrected chi connectivity index (χ2v) is 6.69. The van der Waals surface area contributed by atoms with Gasteiger partial charge in [-0.3, -0.25) is 4.79 Å². The highest BCUT2D eigenvalue weighted by molar-refractivity contribution is 5.80. The van der Waals surface area contributed by atoms with E-state index in [1.54, 1.807) is 0 Å². The van der Waals surface area contributed by atoms with E-state index in [-0.39, 0.29) is 17.4 Å². The molecule has 0 aliphatic heterocycles. The summed E-state index contributed by atoms with van der Waals surface area (Å²) in [6.45, 7) is 5.12. The van der Waals surface area contributed by atoms with Crippen molar-refractivity contribution >= 4 is 5.91 Å². The molecule has 0 bridgehead atoms. The van der Waals surface area contributed by atoms with Crippen molar-refractivity contribution in [3.8, 4) is 0 Å². The molecule has 0 saturated heterocycles. The molecule has 0 aromatic heterocycles. The normalized spacial score (nSPS) is 36.1. The van der Waals surface area contributed by atoms with Crippen molar-refractivity contribution in [2.24, 2.45) is 17.1 Å². The average molecular weight is 238 g/mol. The zero-order chi connectivity index (χ0) is 12.5. The van der Waals surface area contributed by atoms with E-state index < -0.39 is 0 Å². The number of hydrogen-bond donors (Lipinski definition) is 2. The van der Waals surface area contributed by atoms with Crippen LogP contribution in [0.2, 0.25) is 0 Å². The number of hydrogen-bond acceptors (Lipinski definition) is 2. The van der Waals surface area contributed by atoms with E-state index in [9.17, 15) is 4.79 Å². The Bertz CT molecular complexity index is 295. The molecule has 17 heavy (non-hydrogen) atoms. The number of carbonyl (C=O) groups is 1. The zero-order valence-electron chi connectivity index (χ0n) is 11.2. The summed E-state index contributed by atoms with van der Waals surface area (Å²) in [4.78, 5) is 12.2. The minimum Gasteiger partial charge on any atom is -0.355 e. The monoisotopic (exact) mass is 238 g/mol. The van der Waals surface area contributed by atoms with Gasteiger partial charge in [-0.15, -0.1) is 0 Å². The van der Waals surface area contributed by atoms with Crippen molar-refractivity contribution < 1.29 is 4.79 Å². The molecule has 98 valence electrons. The summed E-state index contributed by atoms with van der Waals surface area (Å²) in [5.74, 6) is 0.197. The standard InChI is InChI=1S/C14H26N2O/c1-13(7-5-8-13)10-16-12(17)11-6-3-4-9-14(11,2)15/h11H,3-10,15H2,1-2H3,(H,16,17). The van der Waals surface area contributed by atoms with Gasteiger partial charge in [0.1, 0.15) is 0 Å². The smallest absolute Gasteiger partial charge is 0.224 e. The van der Waals surface area contributed by atoms with Crippen molar-refractivity contribution in [1.82, 2.24) is 5.32 Å². The van der Waals surface area contributed by atoms with Gasteiger partial charge in [0.2, 0.25) is 5.91 Å². The average Bonchev–Trinajstić information content (AvgIpc) is 2.22. The SMILES string of the molecule is CC1(CNC(=O)C2CCCCC2(C)N)CCC1. The molecular weight excluding hydrogens is 212 g/mol. The third kappa shape index (κ3) is 2.82. The summed E-state index contributed by atoms with van der Waals surface area (Å²) in [6, 6.07) is 0. The Morgan fingerprint density at radius 1 is 1.24 bits per heavy atom. The first kappa shape index (κ1) is 12.9. The summed E-state index contributed by atoms with van der Waals surface area (Å²) in [5.41, 5.74) is 6.30. The maximum absolute atomic E-state index is 12.2. The van der Waals surface area contributed by atoms with E-state index in [1.807, 2.05) is 6.92 Å². The Kier molecular flexibility index (Phi) is 3.48. The lowest BCUT2D eigenvalue weighted by Crippen LogP contribution is -2.54. The number of nitrogens with one attached hydrogen (secondary N) is 1. The Morgan fingerprint density at radius 3 is 2.47 bits per heavy atom. The van der Waals surface area contributed by atoms with Crippen molar-refractivity contribution in [3.63, 3.8) is 0 Å². The largest absolute Gasteiger partial charge is 0.355 e. The van der Waals surface area contributed by atoms with Gasteiger partial charge < -0.3 is 11.1 Å². The molecule has 3 nitrogen and oxygen atoms in total. The number of nitrogens with two attached hydrogens (primary N) is 1. The van der Waals surface area contributed by atoms with Gasteiger partial charge in [-0.25, -0.2) is 0 Å². The Labute approximate surface area is 105 Å². The molecule has 0 aromatic carbocycles. The molecule has 3 N–H and O–H groups in total. The van der Waals surface area contributed by atoms with Crippen LogP contribution in [0, 0.1) is 11.3 Å². The van der Waals surface area contributed by atoms with E-state index in [2.05, 4.69) is 12.2 Å². The van der Waals surface area contributed by atoms with Crippen LogP contribution in [0.5, 0.6) is 0 Å². The molecule has 0 aromatic rings. The molecule has 2 fully saturated rings. The summed E-state index contributed by atoms with van der Waals surface area (Å²) in [6.07, 6.45) is 8.04. The fraction of sp³-hybridized carbons (Fsp3) is 0.929. The summed E-state index contributed by atoms with van der Waals surface area (Å²) in [5, 5.41) is 3.13. The van der Waals surface area contributed by atoms with Gasteiger partial charge in [0.15, 0.2) is 0 Å². The first-order chi connectivity index (χ1) is 7.93. The van der Waals surface area contributed by atoms with Crippen molar-refractivity contribution in [2.45, 2.75) is 64.3 Å². The third-order valence-electron chi connectivity index (χ3n) is 4.82. The molecule has 2 aliphatic rings. The lowest BCUT2D eigenvalue weighted by molar-refractivity contribution is -0.128. The van der Waals surface area contributed by atoms with Crippen LogP contribution in [0.4, 0.5) is 0 Å². The van der Waals surface area contributed by atoms with Crippen molar-refractivity contribution in [2.75, 3.05) is 6.54 Å². The van der Waals surface area contributed by atoms with Crippen LogP contribution in [0.15, 0.2) is 0 Å². The molecular formula is C14H26N2O. The van der Waals surface area contributed by atoms with Gasteiger partial charge >= 0.3 is 0 Å². The highest BCUT2D eigenvalue weighted by Crippen LogP contribution is 2.39. The van der Waals surface area contributed by atoms with Gasteiger partial charge in [-0.05, 0) is 38.0 Å². The molecule has 3 heteroatoms. The van der Waals surface area contributed by atoms with Gasteiger partial charge in [-0.2, -0.15) is 0 Å². The molecule has 0 heterocycles. The predicted octanol–water partition coefficient (Wildman–Crippen LogP) is 2.20. The summed E-state index contributed by atoms with van der Waals surface area (Å²) in [7, 11) is 0. The fourth-order valence-corrected chi connectivity index (χ4v) is 3.17. The van der Waals surface area contributed by atoms with Crippen LogP contribution >= 0.6 is 0 Å². The lowest BCUT2D eigenvalue weighted by Gasteiger charge is -2.41. The number of carbonyl (C=O) groups excluding carboxylic acids is 1. The van der Waals surface area contributed by atoms with Crippen molar-refractivity contribution in [1.29, 1.82) is 0 Å². The highest BCUT2D eigenvalue weighted by atomic mass is 16.1. The van der Waals surface area contributed by atoms with Gasteiger partial charge in [-0.1, -0.05) is 26.2 Å².